The first-order chi connectivity index (χ1) is 10.7. The third-order valence-electron chi connectivity index (χ3n) is 3.17. The Morgan fingerprint density at radius 1 is 1.18 bits per heavy atom. The Balaban J connectivity index is 2.06. The first kappa shape index (κ1) is 15.8. The van der Waals surface area contributed by atoms with Crippen molar-refractivity contribution in [2.75, 3.05) is 17.2 Å². The highest BCUT2D eigenvalue weighted by atomic mass is 16.4. The summed E-state index contributed by atoms with van der Waals surface area (Å²) in [4.78, 5) is 19.5. The molecule has 1 aromatic carbocycles. The summed E-state index contributed by atoms with van der Waals surface area (Å²) in [6.07, 6.45) is 4.89. The van der Waals surface area contributed by atoms with Crippen LogP contribution in [-0.2, 0) is 0 Å². The largest absolute Gasteiger partial charge is 0.478 e. The van der Waals surface area contributed by atoms with Gasteiger partial charge in [0.15, 0.2) is 0 Å². The van der Waals surface area contributed by atoms with Crippen LogP contribution in [0.1, 0.15) is 36.5 Å². The van der Waals surface area contributed by atoms with E-state index in [-0.39, 0.29) is 5.56 Å². The van der Waals surface area contributed by atoms with E-state index in [1.165, 1.54) is 19.2 Å². The molecule has 0 unspecified atom stereocenters. The van der Waals surface area contributed by atoms with Gasteiger partial charge in [0.05, 0.1) is 11.3 Å². The van der Waals surface area contributed by atoms with Crippen LogP contribution in [0.2, 0.25) is 0 Å². The summed E-state index contributed by atoms with van der Waals surface area (Å²) in [5.41, 5.74) is 0.712. The summed E-state index contributed by atoms with van der Waals surface area (Å²) in [7, 11) is 0. The van der Waals surface area contributed by atoms with Gasteiger partial charge in [-0.3, -0.25) is 0 Å². The molecule has 0 spiro atoms. The van der Waals surface area contributed by atoms with Crippen molar-refractivity contribution < 1.29 is 9.90 Å². The average Bonchev–Trinajstić information content (AvgIpc) is 2.52. The molecule has 0 aliphatic heterocycles. The van der Waals surface area contributed by atoms with Crippen molar-refractivity contribution in [1.29, 1.82) is 0 Å². The van der Waals surface area contributed by atoms with E-state index in [2.05, 4.69) is 27.5 Å². The molecule has 0 radical (unpaired) electrons. The second-order valence-corrected chi connectivity index (χ2v) is 4.90. The van der Waals surface area contributed by atoms with Gasteiger partial charge < -0.3 is 15.7 Å². The van der Waals surface area contributed by atoms with E-state index in [0.717, 1.165) is 18.8 Å². The summed E-state index contributed by atoms with van der Waals surface area (Å²) in [5.74, 6) is 0.304. The molecule has 0 aliphatic rings. The second kappa shape index (κ2) is 7.97. The molecule has 0 aliphatic carbocycles. The SMILES string of the molecule is CCCCCNc1cc(Nc2ccccc2C(=O)O)ncn1. The number of unbranched alkanes of at least 4 members (excludes halogenated alkanes) is 2. The number of anilines is 3. The van der Waals surface area contributed by atoms with Crippen LogP contribution in [0.15, 0.2) is 36.7 Å². The number of para-hydroxylation sites is 1. The van der Waals surface area contributed by atoms with Crippen LogP contribution < -0.4 is 10.6 Å². The first-order valence-corrected chi connectivity index (χ1v) is 7.36. The Hall–Kier alpha value is -2.63. The minimum Gasteiger partial charge on any atom is -0.478 e. The minimum absolute atomic E-state index is 0.207. The molecule has 6 nitrogen and oxygen atoms in total. The smallest absolute Gasteiger partial charge is 0.337 e. The topological polar surface area (TPSA) is 87.1 Å². The van der Waals surface area contributed by atoms with E-state index < -0.39 is 5.97 Å². The number of hydrogen-bond donors (Lipinski definition) is 3. The van der Waals surface area contributed by atoms with Gasteiger partial charge in [-0.05, 0) is 18.6 Å². The molecule has 0 saturated heterocycles. The number of rotatable bonds is 8. The zero-order valence-corrected chi connectivity index (χ0v) is 12.5. The van der Waals surface area contributed by atoms with E-state index >= 15 is 0 Å². The summed E-state index contributed by atoms with van der Waals surface area (Å²) >= 11 is 0. The maximum Gasteiger partial charge on any atom is 0.337 e. The zero-order chi connectivity index (χ0) is 15.8. The van der Waals surface area contributed by atoms with Crippen molar-refractivity contribution in [1.82, 2.24) is 9.97 Å². The van der Waals surface area contributed by atoms with Crippen LogP contribution in [0.5, 0.6) is 0 Å². The van der Waals surface area contributed by atoms with E-state index in [1.807, 2.05) is 0 Å². The molecule has 116 valence electrons. The summed E-state index contributed by atoms with van der Waals surface area (Å²) in [6.45, 7) is 3.02. The number of nitrogens with zero attached hydrogens (tertiary/aromatic N) is 2. The standard InChI is InChI=1S/C16H20N4O2/c1-2-3-6-9-17-14-10-15(19-11-18-14)20-13-8-5-4-7-12(13)16(21)22/h4-5,7-8,10-11H,2-3,6,9H2,1H3,(H,21,22)(H2,17,18,19,20). The van der Waals surface area contributed by atoms with E-state index in [1.54, 1.807) is 30.3 Å². The number of aromatic nitrogens is 2. The van der Waals surface area contributed by atoms with Crippen LogP contribution in [-0.4, -0.2) is 27.6 Å². The fourth-order valence-corrected chi connectivity index (χ4v) is 2.03. The highest BCUT2D eigenvalue weighted by Crippen LogP contribution is 2.20. The highest BCUT2D eigenvalue weighted by Gasteiger charge is 2.09. The maximum atomic E-state index is 11.2. The number of benzene rings is 1. The maximum absolute atomic E-state index is 11.2. The third-order valence-corrected chi connectivity index (χ3v) is 3.17. The molecule has 0 bridgehead atoms. The molecule has 22 heavy (non-hydrogen) atoms. The molecule has 0 saturated carbocycles. The number of carboxylic acids is 1. The second-order valence-electron chi connectivity index (χ2n) is 4.90. The van der Waals surface area contributed by atoms with Gasteiger partial charge in [0.25, 0.3) is 0 Å². The Kier molecular flexibility index (Phi) is 5.71. The monoisotopic (exact) mass is 300 g/mol. The predicted octanol–water partition coefficient (Wildman–Crippen LogP) is 3.52. The molecule has 2 rings (SSSR count). The van der Waals surface area contributed by atoms with Crippen molar-refractivity contribution in [3.8, 4) is 0 Å². The van der Waals surface area contributed by atoms with Crippen molar-refractivity contribution >= 4 is 23.3 Å². The molecule has 6 heteroatoms. The Labute approximate surface area is 129 Å². The minimum atomic E-state index is -0.977. The lowest BCUT2D eigenvalue weighted by Gasteiger charge is -2.10. The van der Waals surface area contributed by atoms with E-state index in [4.69, 9.17) is 0 Å². The lowest BCUT2D eigenvalue weighted by Crippen LogP contribution is -2.06. The molecular formula is C16H20N4O2. The van der Waals surface area contributed by atoms with Gasteiger partial charge in [-0.1, -0.05) is 31.9 Å². The van der Waals surface area contributed by atoms with Gasteiger partial charge in [0.2, 0.25) is 0 Å². The van der Waals surface area contributed by atoms with E-state index in [0.29, 0.717) is 11.5 Å². The van der Waals surface area contributed by atoms with Gasteiger partial charge in [0, 0.05) is 12.6 Å². The zero-order valence-electron chi connectivity index (χ0n) is 12.5. The van der Waals surface area contributed by atoms with Gasteiger partial charge in [-0.25, -0.2) is 14.8 Å². The molecule has 0 amide bonds. The number of hydrogen-bond acceptors (Lipinski definition) is 5. The van der Waals surface area contributed by atoms with E-state index in [9.17, 15) is 9.90 Å². The number of carboxylic acid groups (broad SMARTS) is 1. The lowest BCUT2D eigenvalue weighted by atomic mass is 10.2. The molecule has 2 aromatic rings. The molecule has 1 heterocycles. The summed E-state index contributed by atoms with van der Waals surface area (Å²) < 4.78 is 0. The van der Waals surface area contributed by atoms with Crippen molar-refractivity contribution in [2.24, 2.45) is 0 Å². The fraction of sp³-hybridized carbons (Fsp3) is 0.312. The van der Waals surface area contributed by atoms with Gasteiger partial charge in [-0.2, -0.15) is 0 Å². The lowest BCUT2D eigenvalue weighted by molar-refractivity contribution is 0.0698. The van der Waals surface area contributed by atoms with Crippen LogP contribution >= 0.6 is 0 Å². The molecule has 3 N–H and O–H groups in total. The predicted molar refractivity (Wildman–Crippen MR) is 86.7 cm³/mol. The Bertz CT molecular complexity index is 631. The Morgan fingerprint density at radius 2 is 1.95 bits per heavy atom. The summed E-state index contributed by atoms with van der Waals surface area (Å²) in [6, 6.07) is 8.50. The number of carbonyl (C=O) groups is 1. The average molecular weight is 300 g/mol. The van der Waals surface area contributed by atoms with Crippen molar-refractivity contribution in [2.45, 2.75) is 26.2 Å². The van der Waals surface area contributed by atoms with Crippen molar-refractivity contribution in [3.05, 3.63) is 42.2 Å². The quantitative estimate of drug-likeness (QED) is 0.647. The number of nitrogens with one attached hydrogen (secondary N) is 2. The molecule has 0 fully saturated rings. The molecule has 1 aromatic heterocycles. The van der Waals surface area contributed by atoms with Crippen LogP contribution in [0.4, 0.5) is 17.3 Å². The summed E-state index contributed by atoms with van der Waals surface area (Å²) in [5, 5.41) is 15.4. The Morgan fingerprint density at radius 3 is 2.73 bits per heavy atom. The molecule has 0 atom stereocenters. The van der Waals surface area contributed by atoms with Crippen molar-refractivity contribution in [3.63, 3.8) is 0 Å². The fourth-order valence-electron chi connectivity index (χ4n) is 2.03. The van der Waals surface area contributed by atoms with Crippen LogP contribution in [0.3, 0.4) is 0 Å². The first-order valence-electron chi connectivity index (χ1n) is 7.36. The third kappa shape index (κ3) is 4.44. The van der Waals surface area contributed by atoms with Gasteiger partial charge in [0.1, 0.15) is 18.0 Å². The molecular weight excluding hydrogens is 280 g/mol. The highest BCUT2D eigenvalue weighted by molar-refractivity contribution is 5.95. The van der Waals surface area contributed by atoms with Crippen LogP contribution in [0.25, 0.3) is 0 Å². The number of aromatic carboxylic acids is 1. The van der Waals surface area contributed by atoms with Gasteiger partial charge in [-0.15, -0.1) is 0 Å². The van der Waals surface area contributed by atoms with Gasteiger partial charge >= 0.3 is 5.97 Å². The van der Waals surface area contributed by atoms with Crippen LogP contribution in [0, 0.1) is 0 Å². The normalized spacial score (nSPS) is 10.2.